The van der Waals surface area contributed by atoms with Crippen LogP contribution < -0.4 is 0 Å². The number of nitrogens with zero attached hydrogens (tertiary/aromatic N) is 1. The maximum absolute atomic E-state index is 4.86. The molecule has 104 valence electrons. The molecule has 0 spiro atoms. The second-order valence-corrected chi connectivity index (χ2v) is 6.41. The Balaban J connectivity index is 2.50. The van der Waals surface area contributed by atoms with E-state index in [0.29, 0.717) is 5.92 Å². The number of thiazole rings is 1. The monoisotopic (exact) mass is 267 g/mol. The molecule has 0 aliphatic rings. The molecular formula is C16H29NS. The van der Waals surface area contributed by atoms with E-state index in [4.69, 9.17) is 4.98 Å². The smallest absolute Gasteiger partial charge is 0.0928 e. The van der Waals surface area contributed by atoms with Crippen molar-refractivity contribution in [2.45, 2.75) is 78.6 Å². The minimum atomic E-state index is 0.693. The van der Waals surface area contributed by atoms with E-state index in [1.807, 2.05) is 11.3 Å². The maximum Gasteiger partial charge on any atom is 0.0928 e. The van der Waals surface area contributed by atoms with Crippen molar-refractivity contribution >= 4 is 11.3 Å². The van der Waals surface area contributed by atoms with E-state index in [1.165, 1.54) is 55.6 Å². The summed E-state index contributed by atoms with van der Waals surface area (Å²) in [6.07, 6.45) is 8.90. The summed E-state index contributed by atoms with van der Waals surface area (Å²) < 4.78 is 0. The second-order valence-electron chi connectivity index (χ2n) is 5.47. The van der Waals surface area contributed by atoms with Crippen molar-refractivity contribution in [1.82, 2.24) is 4.98 Å². The highest BCUT2D eigenvalue weighted by Crippen LogP contribution is 2.27. The van der Waals surface area contributed by atoms with Gasteiger partial charge >= 0.3 is 0 Å². The van der Waals surface area contributed by atoms with Gasteiger partial charge in [-0.2, -0.15) is 0 Å². The van der Waals surface area contributed by atoms with E-state index in [0.717, 1.165) is 5.92 Å². The van der Waals surface area contributed by atoms with Gasteiger partial charge in [0, 0.05) is 11.3 Å². The molecule has 1 nitrogen and oxygen atoms in total. The van der Waals surface area contributed by atoms with Crippen molar-refractivity contribution in [3.63, 3.8) is 0 Å². The first-order chi connectivity index (χ1) is 8.71. The molecule has 0 N–H and O–H groups in total. The molecule has 0 fully saturated rings. The summed E-state index contributed by atoms with van der Waals surface area (Å²) in [5, 5.41) is 3.65. The highest BCUT2D eigenvalue weighted by Gasteiger charge is 2.13. The van der Waals surface area contributed by atoms with Crippen LogP contribution in [-0.2, 0) is 6.42 Å². The molecule has 1 rings (SSSR count). The molecule has 0 saturated carbocycles. The quantitative estimate of drug-likeness (QED) is 0.550. The first-order valence-electron chi connectivity index (χ1n) is 7.65. The molecular weight excluding hydrogens is 238 g/mol. The minimum absolute atomic E-state index is 0.693. The Morgan fingerprint density at radius 1 is 1.17 bits per heavy atom. The first kappa shape index (κ1) is 15.7. The van der Waals surface area contributed by atoms with Crippen LogP contribution in [0.2, 0.25) is 0 Å². The molecule has 1 aromatic rings. The topological polar surface area (TPSA) is 12.9 Å². The molecule has 0 aliphatic heterocycles. The van der Waals surface area contributed by atoms with Crippen molar-refractivity contribution in [3.05, 3.63) is 16.1 Å². The highest BCUT2D eigenvalue weighted by molar-refractivity contribution is 7.09. The largest absolute Gasteiger partial charge is 0.246 e. The van der Waals surface area contributed by atoms with E-state index in [-0.39, 0.29) is 0 Å². The van der Waals surface area contributed by atoms with Crippen LogP contribution in [0.5, 0.6) is 0 Å². The molecule has 0 aliphatic carbocycles. The van der Waals surface area contributed by atoms with Crippen molar-refractivity contribution in [2.24, 2.45) is 5.92 Å². The lowest BCUT2D eigenvalue weighted by Gasteiger charge is -2.11. The van der Waals surface area contributed by atoms with Gasteiger partial charge in [-0.25, -0.2) is 4.98 Å². The molecule has 0 radical (unpaired) electrons. The molecule has 2 atom stereocenters. The number of aromatic nitrogens is 1. The van der Waals surface area contributed by atoms with Gasteiger partial charge in [-0.1, -0.05) is 47.0 Å². The Kier molecular flexibility index (Phi) is 7.57. The average molecular weight is 267 g/mol. The van der Waals surface area contributed by atoms with Crippen LogP contribution in [-0.4, -0.2) is 4.98 Å². The first-order valence-corrected chi connectivity index (χ1v) is 8.53. The molecule has 2 heteroatoms. The molecule has 1 heterocycles. The lowest BCUT2D eigenvalue weighted by molar-refractivity contribution is 0.514. The zero-order valence-corrected chi connectivity index (χ0v) is 13.4. The van der Waals surface area contributed by atoms with Crippen LogP contribution in [0, 0.1) is 5.92 Å². The molecule has 0 saturated heterocycles. The summed E-state index contributed by atoms with van der Waals surface area (Å²) in [5.41, 5.74) is 1.36. The third-order valence-corrected chi connectivity index (χ3v) is 4.86. The van der Waals surface area contributed by atoms with Gasteiger partial charge in [0.1, 0.15) is 0 Å². The van der Waals surface area contributed by atoms with Crippen molar-refractivity contribution in [1.29, 1.82) is 0 Å². The number of unbranched alkanes of at least 4 members (excludes halogenated alkanes) is 1. The number of rotatable bonds is 9. The van der Waals surface area contributed by atoms with Gasteiger partial charge < -0.3 is 0 Å². The lowest BCUT2D eigenvalue weighted by Crippen LogP contribution is -1.99. The summed E-state index contributed by atoms with van der Waals surface area (Å²) in [7, 11) is 0. The zero-order chi connectivity index (χ0) is 13.4. The SMILES string of the molecule is CCCCC(CC)c1csc(CCC(C)CC)n1. The van der Waals surface area contributed by atoms with Crippen molar-refractivity contribution in [2.75, 3.05) is 0 Å². The van der Waals surface area contributed by atoms with Crippen LogP contribution in [0.1, 0.15) is 82.8 Å². The summed E-state index contributed by atoms with van der Waals surface area (Å²) >= 11 is 1.87. The van der Waals surface area contributed by atoms with Gasteiger partial charge in [0.05, 0.1) is 10.7 Å². The Bertz CT molecular complexity index is 319. The van der Waals surface area contributed by atoms with Crippen LogP contribution in [0.3, 0.4) is 0 Å². The molecule has 18 heavy (non-hydrogen) atoms. The predicted octanol–water partition coefficient (Wildman–Crippen LogP) is 5.81. The van der Waals surface area contributed by atoms with Crippen LogP contribution in [0.25, 0.3) is 0 Å². The normalized spacial score (nSPS) is 14.7. The fourth-order valence-electron chi connectivity index (χ4n) is 2.21. The van der Waals surface area contributed by atoms with Gasteiger partial charge in [-0.3, -0.25) is 0 Å². The number of hydrogen-bond donors (Lipinski definition) is 0. The summed E-state index contributed by atoms with van der Waals surface area (Å²) in [6, 6.07) is 0. The Labute approximate surface area is 117 Å². The van der Waals surface area contributed by atoms with Gasteiger partial charge in [0.25, 0.3) is 0 Å². The van der Waals surface area contributed by atoms with Crippen molar-refractivity contribution < 1.29 is 0 Å². The van der Waals surface area contributed by atoms with Gasteiger partial charge in [0.15, 0.2) is 0 Å². The second kappa shape index (κ2) is 8.68. The van der Waals surface area contributed by atoms with Gasteiger partial charge in [-0.05, 0) is 31.6 Å². The van der Waals surface area contributed by atoms with E-state index in [1.54, 1.807) is 0 Å². The Morgan fingerprint density at radius 3 is 2.56 bits per heavy atom. The summed E-state index contributed by atoms with van der Waals surface area (Å²) in [6.45, 7) is 9.17. The summed E-state index contributed by atoms with van der Waals surface area (Å²) in [5.74, 6) is 1.53. The number of aryl methyl sites for hydroxylation is 1. The van der Waals surface area contributed by atoms with Gasteiger partial charge in [0.2, 0.25) is 0 Å². The Hall–Kier alpha value is -0.370. The molecule has 0 bridgehead atoms. The molecule has 2 unspecified atom stereocenters. The van der Waals surface area contributed by atoms with E-state index < -0.39 is 0 Å². The standard InChI is InChI=1S/C16H29NS/c1-5-8-9-14(7-3)15-12-18-16(17-15)11-10-13(4)6-2/h12-14H,5-11H2,1-4H3. The molecule has 0 aromatic carbocycles. The summed E-state index contributed by atoms with van der Waals surface area (Å²) in [4.78, 5) is 4.86. The third-order valence-electron chi connectivity index (χ3n) is 3.93. The predicted molar refractivity (Wildman–Crippen MR) is 82.4 cm³/mol. The van der Waals surface area contributed by atoms with Crippen LogP contribution in [0.4, 0.5) is 0 Å². The lowest BCUT2D eigenvalue weighted by atomic mass is 9.97. The van der Waals surface area contributed by atoms with E-state index in [2.05, 4.69) is 33.1 Å². The fourth-order valence-corrected chi connectivity index (χ4v) is 3.11. The van der Waals surface area contributed by atoms with E-state index >= 15 is 0 Å². The number of hydrogen-bond acceptors (Lipinski definition) is 2. The highest BCUT2D eigenvalue weighted by atomic mass is 32.1. The van der Waals surface area contributed by atoms with Crippen molar-refractivity contribution in [3.8, 4) is 0 Å². The fraction of sp³-hybridized carbons (Fsp3) is 0.812. The zero-order valence-electron chi connectivity index (χ0n) is 12.5. The third kappa shape index (κ3) is 5.09. The van der Waals surface area contributed by atoms with Crippen LogP contribution in [0.15, 0.2) is 5.38 Å². The van der Waals surface area contributed by atoms with Gasteiger partial charge in [-0.15, -0.1) is 11.3 Å². The molecule has 0 amide bonds. The maximum atomic E-state index is 4.86. The minimum Gasteiger partial charge on any atom is -0.246 e. The average Bonchev–Trinajstić information content (AvgIpc) is 2.85. The Morgan fingerprint density at radius 2 is 1.94 bits per heavy atom. The van der Waals surface area contributed by atoms with E-state index in [9.17, 15) is 0 Å². The van der Waals surface area contributed by atoms with Crippen LogP contribution >= 0.6 is 11.3 Å². The molecule has 1 aromatic heterocycles.